The second-order valence-corrected chi connectivity index (χ2v) is 5.22. The van der Waals surface area contributed by atoms with Gasteiger partial charge in [-0.1, -0.05) is 0 Å². The van der Waals surface area contributed by atoms with Gasteiger partial charge in [0.1, 0.15) is 17.4 Å². The minimum absolute atomic E-state index is 0.493. The Kier molecular flexibility index (Phi) is 4.42. The molecule has 1 heterocycles. The van der Waals surface area contributed by atoms with Gasteiger partial charge in [-0.25, -0.2) is 4.98 Å². The van der Waals surface area contributed by atoms with Gasteiger partial charge in [-0.15, -0.1) is 23.1 Å². The van der Waals surface area contributed by atoms with Crippen LogP contribution in [0.1, 0.15) is 10.7 Å². The van der Waals surface area contributed by atoms with Crippen molar-refractivity contribution >= 4 is 23.1 Å². The van der Waals surface area contributed by atoms with Crippen LogP contribution in [0, 0.1) is 0 Å². The lowest BCUT2D eigenvalue weighted by atomic mass is 10.3. The van der Waals surface area contributed by atoms with Gasteiger partial charge in [0.2, 0.25) is 0 Å². The van der Waals surface area contributed by atoms with Crippen LogP contribution in [-0.2, 0) is 13.2 Å². The highest BCUT2D eigenvalue weighted by molar-refractivity contribution is 7.98. The van der Waals surface area contributed by atoms with E-state index in [0.29, 0.717) is 13.2 Å². The van der Waals surface area contributed by atoms with Gasteiger partial charge < -0.3 is 10.5 Å². The molecule has 0 aliphatic rings. The summed E-state index contributed by atoms with van der Waals surface area (Å²) in [7, 11) is 0. The Balaban J connectivity index is 1.92. The van der Waals surface area contributed by atoms with Crippen LogP contribution >= 0.6 is 23.1 Å². The fourth-order valence-corrected chi connectivity index (χ4v) is 2.41. The van der Waals surface area contributed by atoms with Crippen molar-refractivity contribution in [2.75, 3.05) is 6.26 Å². The lowest BCUT2D eigenvalue weighted by Crippen LogP contribution is -1.98. The average molecular weight is 266 g/mol. The first-order chi connectivity index (χ1) is 8.31. The van der Waals surface area contributed by atoms with Gasteiger partial charge in [0.15, 0.2) is 0 Å². The molecule has 1 aromatic carbocycles. The number of thiazole rings is 1. The molecule has 17 heavy (non-hydrogen) atoms. The Morgan fingerprint density at radius 3 is 2.71 bits per heavy atom. The van der Waals surface area contributed by atoms with Crippen LogP contribution in [0.2, 0.25) is 0 Å². The summed E-state index contributed by atoms with van der Waals surface area (Å²) in [6, 6.07) is 8.04. The number of hydrogen-bond donors (Lipinski definition) is 1. The van der Waals surface area contributed by atoms with Crippen LogP contribution in [0.15, 0.2) is 34.5 Å². The number of thioether (sulfide) groups is 1. The van der Waals surface area contributed by atoms with Gasteiger partial charge in [0.25, 0.3) is 0 Å². The number of nitrogens with two attached hydrogens (primary N) is 1. The molecular weight excluding hydrogens is 252 g/mol. The minimum Gasteiger partial charge on any atom is -0.487 e. The van der Waals surface area contributed by atoms with Gasteiger partial charge in [-0.2, -0.15) is 0 Å². The molecule has 0 bridgehead atoms. The van der Waals surface area contributed by atoms with Gasteiger partial charge >= 0.3 is 0 Å². The van der Waals surface area contributed by atoms with E-state index < -0.39 is 0 Å². The maximum atomic E-state index is 5.64. The van der Waals surface area contributed by atoms with E-state index in [2.05, 4.69) is 11.2 Å². The van der Waals surface area contributed by atoms with Crippen LogP contribution < -0.4 is 10.5 Å². The predicted molar refractivity (Wildman–Crippen MR) is 72.6 cm³/mol. The van der Waals surface area contributed by atoms with Crippen molar-refractivity contribution in [3.63, 3.8) is 0 Å². The Hall–Kier alpha value is -1.04. The molecule has 0 amide bonds. The van der Waals surface area contributed by atoms with Crippen molar-refractivity contribution in [2.24, 2.45) is 5.73 Å². The zero-order valence-corrected chi connectivity index (χ0v) is 11.2. The quantitative estimate of drug-likeness (QED) is 0.845. The summed E-state index contributed by atoms with van der Waals surface area (Å²) in [6.45, 7) is 0.988. The fourth-order valence-electron chi connectivity index (χ4n) is 1.34. The third-order valence-corrected chi connectivity index (χ3v) is 3.88. The predicted octanol–water partition coefficient (Wildman–Crippen LogP) is 2.90. The first-order valence-corrected chi connectivity index (χ1v) is 7.32. The standard InChI is InChI=1S/C12H14N2OS2/c1-16-11-4-2-10(3-5-11)15-7-9-8-17-12(6-13)14-9/h2-5,8H,6-7,13H2,1H3. The molecule has 0 atom stereocenters. The van der Waals surface area contributed by atoms with Gasteiger partial charge in [0.05, 0.1) is 5.69 Å². The second-order valence-electron chi connectivity index (χ2n) is 3.40. The number of aromatic nitrogens is 1. The molecule has 2 rings (SSSR count). The van der Waals surface area contributed by atoms with Crippen LogP contribution in [0.5, 0.6) is 5.75 Å². The van der Waals surface area contributed by atoms with E-state index in [9.17, 15) is 0 Å². The van der Waals surface area contributed by atoms with E-state index in [1.54, 1.807) is 23.1 Å². The molecule has 0 radical (unpaired) electrons. The average Bonchev–Trinajstić information content (AvgIpc) is 2.85. The molecule has 0 aliphatic heterocycles. The highest BCUT2D eigenvalue weighted by atomic mass is 32.2. The topological polar surface area (TPSA) is 48.1 Å². The number of ether oxygens (including phenoxy) is 1. The summed E-state index contributed by atoms with van der Waals surface area (Å²) in [5.41, 5.74) is 6.44. The number of rotatable bonds is 5. The molecule has 5 heteroatoms. The highest BCUT2D eigenvalue weighted by Gasteiger charge is 2.01. The zero-order chi connectivity index (χ0) is 12.1. The smallest absolute Gasteiger partial charge is 0.131 e. The van der Waals surface area contributed by atoms with Crippen LogP contribution in [0.4, 0.5) is 0 Å². The molecule has 0 fully saturated rings. The molecule has 0 aliphatic carbocycles. The maximum absolute atomic E-state index is 5.64. The Morgan fingerprint density at radius 2 is 2.12 bits per heavy atom. The molecule has 3 nitrogen and oxygen atoms in total. The molecule has 0 saturated heterocycles. The lowest BCUT2D eigenvalue weighted by molar-refractivity contribution is 0.301. The third-order valence-electron chi connectivity index (χ3n) is 2.22. The lowest BCUT2D eigenvalue weighted by Gasteiger charge is -2.04. The van der Waals surface area contributed by atoms with Gasteiger partial charge in [-0.3, -0.25) is 0 Å². The van der Waals surface area contributed by atoms with E-state index in [0.717, 1.165) is 16.5 Å². The van der Waals surface area contributed by atoms with Crippen molar-refractivity contribution in [3.05, 3.63) is 40.3 Å². The van der Waals surface area contributed by atoms with Gasteiger partial charge in [0, 0.05) is 16.8 Å². The summed E-state index contributed by atoms with van der Waals surface area (Å²) in [6.07, 6.45) is 2.06. The van der Waals surface area contributed by atoms with Crippen LogP contribution in [-0.4, -0.2) is 11.2 Å². The summed E-state index contributed by atoms with van der Waals surface area (Å²) in [4.78, 5) is 5.57. The maximum Gasteiger partial charge on any atom is 0.131 e. The molecular formula is C12H14N2OS2. The summed E-state index contributed by atoms with van der Waals surface area (Å²) in [5, 5.41) is 2.93. The zero-order valence-electron chi connectivity index (χ0n) is 9.55. The molecule has 2 aromatic rings. The Bertz CT molecular complexity index is 468. The highest BCUT2D eigenvalue weighted by Crippen LogP contribution is 2.20. The number of hydrogen-bond acceptors (Lipinski definition) is 5. The SMILES string of the molecule is CSc1ccc(OCc2csc(CN)n2)cc1. The fraction of sp³-hybridized carbons (Fsp3) is 0.250. The van der Waals surface area contributed by atoms with Crippen molar-refractivity contribution in [2.45, 2.75) is 18.0 Å². The van der Waals surface area contributed by atoms with Crippen LogP contribution in [0.3, 0.4) is 0 Å². The summed E-state index contributed by atoms with van der Waals surface area (Å²) >= 11 is 3.29. The Morgan fingerprint density at radius 1 is 1.35 bits per heavy atom. The first-order valence-electron chi connectivity index (χ1n) is 5.22. The van der Waals surface area contributed by atoms with Crippen molar-refractivity contribution in [3.8, 4) is 5.75 Å². The number of benzene rings is 1. The normalized spacial score (nSPS) is 10.5. The van der Waals surface area contributed by atoms with Gasteiger partial charge in [-0.05, 0) is 30.5 Å². The van der Waals surface area contributed by atoms with E-state index >= 15 is 0 Å². The van der Waals surface area contributed by atoms with Crippen molar-refractivity contribution in [1.29, 1.82) is 0 Å². The van der Waals surface area contributed by atoms with E-state index in [4.69, 9.17) is 10.5 Å². The molecule has 0 spiro atoms. The molecule has 0 unspecified atom stereocenters. The van der Waals surface area contributed by atoms with Crippen LogP contribution in [0.25, 0.3) is 0 Å². The second kappa shape index (κ2) is 6.05. The van der Waals surface area contributed by atoms with Crippen molar-refractivity contribution in [1.82, 2.24) is 4.98 Å². The van der Waals surface area contributed by atoms with Crippen molar-refractivity contribution < 1.29 is 4.74 Å². The number of nitrogens with zero attached hydrogens (tertiary/aromatic N) is 1. The molecule has 90 valence electrons. The largest absolute Gasteiger partial charge is 0.487 e. The summed E-state index contributed by atoms with van der Waals surface area (Å²) < 4.78 is 5.64. The van der Waals surface area contributed by atoms with E-state index in [-0.39, 0.29) is 0 Å². The monoisotopic (exact) mass is 266 g/mol. The molecule has 0 saturated carbocycles. The first kappa shape index (κ1) is 12.4. The van der Waals surface area contributed by atoms with E-state index in [1.165, 1.54) is 4.90 Å². The molecule has 1 aromatic heterocycles. The Labute approximate surface area is 109 Å². The third kappa shape index (κ3) is 3.46. The van der Waals surface area contributed by atoms with E-state index in [1.807, 2.05) is 29.6 Å². The minimum atomic E-state index is 0.493. The molecule has 2 N–H and O–H groups in total. The summed E-state index contributed by atoms with van der Waals surface area (Å²) in [5.74, 6) is 0.866.